The Hall–Kier alpha value is -1.15. The number of rotatable bonds is 39. The van der Waals surface area contributed by atoms with Crippen LogP contribution in [0.15, 0.2) is 12.2 Å². The quantitative estimate of drug-likeness (QED) is 0.0226. The van der Waals surface area contributed by atoms with Gasteiger partial charge in [-0.1, -0.05) is 193 Å². The molecule has 0 aromatic rings. The second-order valence-electron chi connectivity index (χ2n) is 16.8. The number of nitrogens with one attached hydrogen (secondary N) is 1. The Morgan fingerprint density at radius 1 is 0.614 bits per heavy atom. The summed E-state index contributed by atoms with van der Waals surface area (Å²) >= 11 is 0. The first-order valence-corrected chi connectivity index (χ1v) is 23.6. The summed E-state index contributed by atoms with van der Waals surface area (Å²) in [5.74, 6) is -0.712. The zero-order valence-corrected chi connectivity index (χ0v) is 36.3. The molecule has 8 N–H and O–H groups in total. The molecule has 1 rings (SSSR count). The zero-order chi connectivity index (χ0) is 41.9. The number of aliphatic hydroxyl groups excluding tert-OH is 7. The largest absolute Gasteiger partial charge is 0.394 e. The van der Waals surface area contributed by atoms with Crippen LogP contribution in [0.5, 0.6) is 0 Å². The Bertz CT molecular complexity index is 939. The van der Waals surface area contributed by atoms with E-state index in [1.54, 1.807) is 0 Å². The van der Waals surface area contributed by atoms with Crippen molar-refractivity contribution in [1.29, 1.82) is 0 Å². The minimum absolute atomic E-state index is 0.132. The molecule has 1 amide bonds. The number of aliphatic hydroxyl groups is 7. The molecule has 0 spiro atoms. The maximum absolute atomic E-state index is 13.1. The molecule has 0 aliphatic carbocycles. The predicted octanol–water partition coefficient (Wildman–Crippen LogP) is 7.67. The van der Waals surface area contributed by atoms with E-state index in [1.165, 1.54) is 135 Å². The van der Waals surface area contributed by atoms with Crippen LogP contribution in [0.25, 0.3) is 0 Å². The summed E-state index contributed by atoms with van der Waals surface area (Å²) in [5, 5.41) is 75.5. The van der Waals surface area contributed by atoms with Crippen LogP contribution in [-0.2, 0) is 14.3 Å². The molecule has 1 aliphatic rings. The third kappa shape index (κ3) is 26.6. The van der Waals surface area contributed by atoms with E-state index in [0.717, 1.165) is 38.5 Å². The van der Waals surface area contributed by atoms with Gasteiger partial charge in [0.1, 0.15) is 36.6 Å². The van der Waals surface area contributed by atoms with Crippen molar-refractivity contribution in [3.63, 3.8) is 0 Å². The number of ether oxygens (including phenoxy) is 2. The highest BCUT2D eigenvalue weighted by atomic mass is 16.7. The Morgan fingerprint density at radius 2 is 1.05 bits per heavy atom. The summed E-state index contributed by atoms with van der Waals surface area (Å²) < 4.78 is 11.1. The first-order valence-electron chi connectivity index (χ1n) is 23.6. The van der Waals surface area contributed by atoms with Gasteiger partial charge < -0.3 is 50.5 Å². The number of allylic oxidation sites excluding steroid dienone is 1. The van der Waals surface area contributed by atoms with E-state index in [0.29, 0.717) is 6.42 Å². The summed E-state index contributed by atoms with van der Waals surface area (Å²) in [6, 6.07) is -1.19. The van der Waals surface area contributed by atoms with Crippen LogP contribution < -0.4 is 5.32 Å². The van der Waals surface area contributed by atoms with Crippen LogP contribution >= 0.6 is 0 Å². The maximum Gasteiger partial charge on any atom is 0.249 e. The van der Waals surface area contributed by atoms with Crippen molar-refractivity contribution in [3.05, 3.63) is 12.2 Å². The van der Waals surface area contributed by atoms with E-state index in [9.17, 15) is 40.5 Å². The lowest BCUT2D eigenvalue weighted by molar-refractivity contribution is -0.303. The maximum atomic E-state index is 13.1. The molecule has 11 nitrogen and oxygen atoms in total. The minimum atomic E-state index is -1.67. The van der Waals surface area contributed by atoms with E-state index in [1.807, 2.05) is 12.2 Å². The number of hydrogen-bond acceptors (Lipinski definition) is 10. The fourth-order valence-electron chi connectivity index (χ4n) is 7.61. The molecule has 1 heterocycles. The second kappa shape index (κ2) is 36.7. The Morgan fingerprint density at radius 3 is 1.51 bits per heavy atom. The SMILES string of the molecule is CCCCCCCCCCC/C=C/CC(O)C(O)C(COC1OC(CO)C(O)C(O)C1O)NC(=O)C(O)CCCCCCCCCCCCCCCCCCCC. The monoisotopic (exact) mass is 816 g/mol. The highest BCUT2D eigenvalue weighted by molar-refractivity contribution is 5.80. The highest BCUT2D eigenvalue weighted by Gasteiger charge is 2.44. The van der Waals surface area contributed by atoms with Crippen LogP contribution in [0.4, 0.5) is 0 Å². The first kappa shape index (κ1) is 53.9. The van der Waals surface area contributed by atoms with Crippen molar-refractivity contribution in [3.8, 4) is 0 Å². The molecular formula is C46H89NO10. The van der Waals surface area contributed by atoms with Crippen molar-refractivity contribution >= 4 is 5.91 Å². The van der Waals surface area contributed by atoms with Gasteiger partial charge in [0.15, 0.2) is 6.29 Å². The number of amides is 1. The molecule has 0 bridgehead atoms. The molecule has 0 aromatic heterocycles. The molecule has 57 heavy (non-hydrogen) atoms. The van der Waals surface area contributed by atoms with Gasteiger partial charge in [-0.2, -0.15) is 0 Å². The lowest BCUT2D eigenvalue weighted by Gasteiger charge is -2.40. The number of unbranched alkanes of at least 4 members (excludes halogenated alkanes) is 26. The van der Waals surface area contributed by atoms with Crippen LogP contribution in [0.1, 0.15) is 206 Å². The van der Waals surface area contributed by atoms with Gasteiger partial charge in [0.25, 0.3) is 0 Å². The Kier molecular flexibility index (Phi) is 34.7. The third-order valence-electron chi connectivity index (χ3n) is 11.6. The van der Waals surface area contributed by atoms with Gasteiger partial charge in [0.2, 0.25) is 5.91 Å². The second-order valence-corrected chi connectivity index (χ2v) is 16.8. The van der Waals surface area contributed by atoms with E-state index < -0.39 is 74.2 Å². The topological polar surface area (TPSA) is 189 Å². The van der Waals surface area contributed by atoms with Crippen molar-refractivity contribution in [2.45, 2.75) is 262 Å². The predicted molar refractivity (Wildman–Crippen MR) is 229 cm³/mol. The molecule has 11 heteroatoms. The Balaban J connectivity index is 2.44. The van der Waals surface area contributed by atoms with Crippen LogP contribution in [0.2, 0.25) is 0 Å². The average molecular weight is 816 g/mol. The fourth-order valence-corrected chi connectivity index (χ4v) is 7.61. The van der Waals surface area contributed by atoms with E-state index in [-0.39, 0.29) is 12.8 Å². The zero-order valence-electron chi connectivity index (χ0n) is 36.3. The van der Waals surface area contributed by atoms with Gasteiger partial charge >= 0.3 is 0 Å². The van der Waals surface area contributed by atoms with Gasteiger partial charge in [0.05, 0.1) is 25.4 Å². The molecule has 9 unspecified atom stereocenters. The van der Waals surface area contributed by atoms with Crippen molar-refractivity contribution < 1.29 is 50.0 Å². The van der Waals surface area contributed by atoms with Crippen molar-refractivity contribution in [2.24, 2.45) is 0 Å². The van der Waals surface area contributed by atoms with E-state index >= 15 is 0 Å². The summed E-state index contributed by atoms with van der Waals surface area (Å²) in [4.78, 5) is 13.1. The van der Waals surface area contributed by atoms with Gasteiger partial charge in [-0.3, -0.25) is 4.79 Å². The van der Waals surface area contributed by atoms with Gasteiger partial charge in [-0.05, 0) is 25.7 Å². The van der Waals surface area contributed by atoms with Gasteiger partial charge in [-0.25, -0.2) is 0 Å². The van der Waals surface area contributed by atoms with E-state index in [2.05, 4.69) is 19.2 Å². The van der Waals surface area contributed by atoms with E-state index in [4.69, 9.17) is 9.47 Å². The van der Waals surface area contributed by atoms with Crippen molar-refractivity contribution in [1.82, 2.24) is 5.32 Å². The summed E-state index contributed by atoms with van der Waals surface area (Å²) in [7, 11) is 0. The molecule has 338 valence electrons. The van der Waals surface area contributed by atoms with Gasteiger partial charge in [0, 0.05) is 0 Å². The highest BCUT2D eigenvalue weighted by Crippen LogP contribution is 2.23. The van der Waals surface area contributed by atoms with Crippen LogP contribution in [-0.4, -0.2) is 110 Å². The lowest BCUT2D eigenvalue weighted by Crippen LogP contribution is -2.60. The average Bonchev–Trinajstić information content (AvgIpc) is 3.21. The molecular weight excluding hydrogens is 727 g/mol. The minimum Gasteiger partial charge on any atom is -0.394 e. The summed E-state index contributed by atoms with van der Waals surface area (Å²) in [5.41, 5.74) is 0. The fraction of sp³-hybridized carbons (Fsp3) is 0.935. The number of carbonyl (C=O) groups is 1. The molecule has 0 radical (unpaired) electrons. The molecule has 1 aliphatic heterocycles. The number of hydrogen-bond donors (Lipinski definition) is 8. The molecule has 0 aromatic carbocycles. The first-order chi connectivity index (χ1) is 27.7. The standard InChI is InChI=1S/C46H89NO10/c1-3-5-7-9-11-13-15-17-18-19-20-21-22-24-26-28-30-32-34-39(50)45(55)47-37(36-56-46-44(54)43(53)42(52)40(35-48)57-46)41(51)38(49)33-31-29-27-25-23-16-14-12-10-8-6-4-2/h29,31,37-44,46,48-54H,3-28,30,32-36H2,1-2H3,(H,47,55)/b31-29+. The van der Waals surface area contributed by atoms with Gasteiger partial charge in [-0.15, -0.1) is 0 Å². The molecule has 0 saturated carbocycles. The molecule has 9 atom stereocenters. The number of carbonyl (C=O) groups excluding carboxylic acids is 1. The third-order valence-corrected chi connectivity index (χ3v) is 11.6. The lowest BCUT2D eigenvalue weighted by atomic mass is 9.99. The molecule has 1 fully saturated rings. The molecule has 1 saturated heterocycles. The van der Waals surface area contributed by atoms with Crippen molar-refractivity contribution in [2.75, 3.05) is 13.2 Å². The summed E-state index contributed by atoms with van der Waals surface area (Å²) in [6.07, 6.45) is 27.1. The van der Waals surface area contributed by atoms with Crippen LogP contribution in [0, 0.1) is 0 Å². The smallest absolute Gasteiger partial charge is 0.249 e. The summed E-state index contributed by atoms with van der Waals surface area (Å²) in [6.45, 7) is 3.41. The van der Waals surface area contributed by atoms with Crippen LogP contribution in [0.3, 0.4) is 0 Å². The Labute approximate surface area is 347 Å². The normalized spacial score (nSPS) is 22.2.